The lowest BCUT2D eigenvalue weighted by Gasteiger charge is -2.15. The molecule has 1 rings (SSSR count). The Balaban J connectivity index is 2.58. The van der Waals surface area contributed by atoms with Gasteiger partial charge in [0.1, 0.15) is 5.75 Å². The van der Waals surface area contributed by atoms with Gasteiger partial charge in [0.05, 0.1) is 25.3 Å². The van der Waals surface area contributed by atoms with Crippen LogP contribution in [0.3, 0.4) is 0 Å². The molecule has 1 atom stereocenters. The number of rotatable bonds is 7. The lowest BCUT2D eigenvalue weighted by molar-refractivity contribution is -0.144. The highest BCUT2D eigenvalue weighted by Crippen LogP contribution is 2.24. The summed E-state index contributed by atoms with van der Waals surface area (Å²) in [5, 5.41) is 3.21. The summed E-state index contributed by atoms with van der Waals surface area (Å²) in [6, 6.07) is 7.72. The topological polar surface area (TPSA) is 47.6 Å². The second-order valence-corrected chi connectivity index (χ2v) is 4.15. The Hall–Kier alpha value is -1.71. The predicted molar refractivity (Wildman–Crippen MR) is 71.9 cm³/mol. The van der Waals surface area contributed by atoms with Crippen molar-refractivity contribution in [2.45, 2.75) is 20.3 Å². The van der Waals surface area contributed by atoms with Crippen LogP contribution in [0.1, 0.15) is 20.3 Å². The first-order chi connectivity index (χ1) is 8.69. The zero-order valence-electron chi connectivity index (χ0n) is 11.2. The Kier molecular flexibility index (Phi) is 6.05. The van der Waals surface area contributed by atoms with Gasteiger partial charge in [-0.05, 0) is 18.6 Å². The molecular weight excluding hydrogens is 230 g/mol. The van der Waals surface area contributed by atoms with Crippen molar-refractivity contribution in [3.05, 3.63) is 24.3 Å². The van der Waals surface area contributed by atoms with Gasteiger partial charge in [0.2, 0.25) is 0 Å². The van der Waals surface area contributed by atoms with Gasteiger partial charge in [0, 0.05) is 6.54 Å². The molecule has 100 valence electrons. The van der Waals surface area contributed by atoms with Crippen molar-refractivity contribution in [3.63, 3.8) is 0 Å². The van der Waals surface area contributed by atoms with E-state index in [9.17, 15) is 4.79 Å². The average molecular weight is 251 g/mol. The second-order valence-electron chi connectivity index (χ2n) is 4.15. The summed E-state index contributed by atoms with van der Waals surface area (Å²) in [7, 11) is 1.40. The number of esters is 1. The number of benzene rings is 1. The average Bonchev–Trinajstić information content (AvgIpc) is 2.42. The zero-order chi connectivity index (χ0) is 13.4. The van der Waals surface area contributed by atoms with E-state index in [2.05, 4.69) is 17.0 Å². The first kappa shape index (κ1) is 14.4. The number of nitrogens with one attached hydrogen (secondary N) is 1. The molecule has 0 spiro atoms. The van der Waals surface area contributed by atoms with Crippen molar-refractivity contribution in [3.8, 4) is 5.75 Å². The number of carbonyl (C=O) groups is 1. The summed E-state index contributed by atoms with van der Waals surface area (Å²) in [6.45, 7) is 5.11. The van der Waals surface area contributed by atoms with Crippen molar-refractivity contribution in [2.24, 2.45) is 5.92 Å². The van der Waals surface area contributed by atoms with Crippen LogP contribution in [0.15, 0.2) is 24.3 Å². The highest BCUT2D eigenvalue weighted by Gasteiger charge is 2.13. The number of para-hydroxylation sites is 2. The normalized spacial score (nSPS) is 11.7. The maximum Gasteiger partial charge on any atom is 0.310 e. The van der Waals surface area contributed by atoms with Crippen LogP contribution in [0.5, 0.6) is 5.75 Å². The van der Waals surface area contributed by atoms with E-state index < -0.39 is 0 Å². The Labute approximate surface area is 108 Å². The first-order valence-electron chi connectivity index (χ1n) is 6.22. The van der Waals surface area contributed by atoms with Crippen molar-refractivity contribution in [1.29, 1.82) is 0 Å². The number of hydrogen-bond acceptors (Lipinski definition) is 4. The summed E-state index contributed by atoms with van der Waals surface area (Å²) in [4.78, 5) is 11.3. The van der Waals surface area contributed by atoms with Crippen LogP contribution < -0.4 is 10.1 Å². The van der Waals surface area contributed by atoms with Crippen LogP contribution in [0.2, 0.25) is 0 Å². The highest BCUT2D eigenvalue weighted by atomic mass is 16.5. The standard InChI is InChI=1S/C14H21NO3/c1-4-9-18-13-8-6-5-7-12(13)15-10-11(2)14(16)17-3/h5-8,11,15H,4,9-10H2,1-3H3. The van der Waals surface area contributed by atoms with Gasteiger partial charge in [0.25, 0.3) is 0 Å². The molecular formula is C14H21NO3. The molecule has 0 saturated heterocycles. The largest absolute Gasteiger partial charge is 0.491 e. The predicted octanol–water partition coefficient (Wildman–Crippen LogP) is 2.70. The van der Waals surface area contributed by atoms with Crippen LogP contribution in [0, 0.1) is 5.92 Å². The smallest absolute Gasteiger partial charge is 0.310 e. The molecule has 0 aliphatic heterocycles. The summed E-state index contributed by atoms with van der Waals surface area (Å²) >= 11 is 0. The molecule has 0 amide bonds. The van der Waals surface area contributed by atoms with Gasteiger partial charge in [0.15, 0.2) is 0 Å². The van der Waals surface area contributed by atoms with Gasteiger partial charge < -0.3 is 14.8 Å². The van der Waals surface area contributed by atoms with Gasteiger partial charge in [-0.15, -0.1) is 0 Å². The van der Waals surface area contributed by atoms with Crippen molar-refractivity contribution >= 4 is 11.7 Å². The molecule has 0 aliphatic rings. The monoisotopic (exact) mass is 251 g/mol. The Morgan fingerprint density at radius 1 is 1.39 bits per heavy atom. The fourth-order valence-electron chi connectivity index (χ4n) is 1.50. The molecule has 1 aromatic carbocycles. The molecule has 0 aromatic heterocycles. The van der Waals surface area contributed by atoms with E-state index in [4.69, 9.17) is 4.74 Å². The summed E-state index contributed by atoms with van der Waals surface area (Å²) in [5.41, 5.74) is 0.904. The number of ether oxygens (including phenoxy) is 2. The fraction of sp³-hybridized carbons (Fsp3) is 0.500. The van der Waals surface area contributed by atoms with Crippen molar-refractivity contribution in [1.82, 2.24) is 0 Å². The first-order valence-corrected chi connectivity index (χ1v) is 6.22. The zero-order valence-corrected chi connectivity index (χ0v) is 11.2. The van der Waals surface area contributed by atoms with Gasteiger partial charge in [-0.2, -0.15) is 0 Å². The number of carbonyl (C=O) groups excluding carboxylic acids is 1. The maximum atomic E-state index is 11.3. The molecule has 0 aliphatic carbocycles. The Bertz CT molecular complexity index is 379. The maximum absolute atomic E-state index is 11.3. The van der Waals surface area contributed by atoms with Crippen LogP contribution in [0.25, 0.3) is 0 Å². The molecule has 1 N–H and O–H groups in total. The van der Waals surface area contributed by atoms with E-state index in [0.29, 0.717) is 13.2 Å². The van der Waals surface area contributed by atoms with Gasteiger partial charge in [-0.3, -0.25) is 4.79 Å². The van der Waals surface area contributed by atoms with Crippen molar-refractivity contribution < 1.29 is 14.3 Å². The molecule has 0 fully saturated rings. The van der Waals surface area contributed by atoms with Crippen LogP contribution >= 0.6 is 0 Å². The summed E-state index contributed by atoms with van der Waals surface area (Å²) < 4.78 is 10.3. The minimum absolute atomic E-state index is 0.186. The van der Waals surface area contributed by atoms with E-state index in [1.54, 1.807) is 0 Å². The second kappa shape index (κ2) is 7.58. The lowest BCUT2D eigenvalue weighted by atomic mass is 10.2. The minimum Gasteiger partial charge on any atom is -0.491 e. The molecule has 4 heteroatoms. The van der Waals surface area contributed by atoms with Gasteiger partial charge in [-0.1, -0.05) is 26.0 Å². The van der Waals surface area contributed by atoms with Gasteiger partial charge in [-0.25, -0.2) is 0 Å². The third kappa shape index (κ3) is 4.28. The van der Waals surface area contributed by atoms with Crippen LogP contribution in [0.4, 0.5) is 5.69 Å². The SMILES string of the molecule is CCCOc1ccccc1NCC(C)C(=O)OC. The number of methoxy groups -OCH3 is 1. The van der Waals surface area contributed by atoms with E-state index >= 15 is 0 Å². The van der Waals surface area contributed by atoms with Gasteiger partial charge >= 0.3 is 5.97 Å². The van der Waals surface area contributed by atoms with E-state index in [1.165, 1.54) is 7.11 Å². The number of hydrogen-bond donors (Lipinski definition) is 1. The van der Waals surface area contributed by atoms with Crippen molar-refractivity contribution in [2.75, 3.05) is 25.6 Å². The summed E-state index contributed by atoms with van der Waals surface area (Å²) in [6.07, 6.45) is 0.965. The van der Waals surface area contributed by atoms with E-state index in [0.717, 1.165) is 17.9 Å². The number of anilines is 1. The third-order valence-electron chi connectivity index (χ3n) is 2.55. The molecule has 0 radical (unpaired) electrons. The quantitative estimate of drug-likeness (QED) is 0.757. The van der Waals surface area contributed by atoms with E-state index in [-0.39, 0.29) is 11.9 Å². The Morgan fingerprint density at radius 3 is 2.78 bits per heavy atom. The minimum atomic E-state index is -0.213. The molecule has 1 aromatic rings. The van der Waals surface area contributed by atoms with Crippen LogP contribution in [-0.4, -0.2) is 26.2 Å². The molecule has 0 heterocycles. The summed E-state index contributed by atoms with van der Waals surface area (Å²) in [5.74, 6) is 0.417. The van der Waals surface area contributed by atoms with E-state index in [1.807, 2.05) is 31.2 Å². The molecule has 0 saturated carbocycles. The highest BCUT2D eigenvalue weighted by molar-refractivity contribution is 5.72. The third-order valence-corrected chi connectivity index (χ3v) is 2.55. The molecule has 4 nitrogen and oxygen atoms in total. The fourth-order valence-corrected chi connectivity index (χ4v) is 1.50. The molecule has 1 unspecified atom stereocenters. The molecule has 18 heavy (non-hydrogen) atoms. The van der Waals surface area contributed by atoms with Crippen LogP contribution in [-0.2, 0) is 9.53 Å². The molecule has 0 bridgehead atoms. The lowest BCUT2D eigenvalue weighted by Crippen LogP contribution is -2.21. The Morgan fingerprint density at radius 2 is 2.11 bits per heavy atom.